The molecule has 61 heavy (non-hydrogen) atoms. The van der Waals surface area contributed by atoms with Crippen molar-refractivity contribution in [1.29, 1.82) is 0 Å². The number of hydrogen-bond acceptors (Lipinski definition) is 3. The van der Waals surface area contributed by atoms with E-state index in [1.54, 1.807) is 0 Å². The first-order valence-corrected chi connectivity index (χ1v) is 22.5. The highest BCUT2D eigenvalue weighted by Crippen LogP contribution is 2.47. The number of rotatable bonds is 7. The third-order valence-corrected chi connectivity index (χ3v) is 14.3. The van der Waals surface area contributed by atoms with Crippen molar-refractivity contribution in [3.05, 3.63) is 200 Å². The van der Waals surface area contributed by atoms with Crippen molar-refractivity contribution in [3.63, 3.8) is 0 Å². The molecule has 0 atom stereocenters. The Morgan fingerprint density at radius 1 is 0.459 bits per heavy atom. The topological polar surface area (TPSA) is 16.4 Å². The van der Waals surface area contributed by atoms with E-state index in [-0.39, 0.29) is 0 Å². The fourth-order valence-electron chi connectivity index (χ4n) is 10.2. The van der Waals surface area contributed by atoms with E-state index in [2.05, 4.69) is 193 Å². The van der Waals surface area contributed by atoms with Crippen molar-refractivity contribution in [3.8, 4) is 33.4 Å². The van der Waals surface area contributed by atoms with Crippen molar-refractivity contribution in [2.45, 2.75) is 38.0 Å². The van der Waals surface area contributed by atoms with Gasteiger partial charge in [-0.25, -0.2) is 0 Å². The summed E-state index contributed by atoms with van der Waals surface area (Å²) in [5, 5.41) is 7.61. The molecule has 0 saturated heterocycles. The molecule has 0 spiro atoms. The Labute approximate surface area is 360 Å². The zero-order valence-corrected chi connectivity index (χ0v) is 34.7. The van der Waals surface area contributed by atoms with E-state index >= 15 is 0 Å². The van der Waals surface area contributed by atoms with Gasteiger partial charge in [0.1, 0.15) is 11.2 Å². The maximum Gasteiger partial charge on any atom is 0.143 e. The predicted octanol–water partition coefficient (Wildman–Crippen LogP) is 17.6. The molecule has 2 aromatic heterocycles. The molecule has 0 unspecified atom stereocenters. The lowest BCUT2D eigenvalue weighted by atomic mass is 9.80. The molecule has 9 aromatic carbocycles. The van der Waals surface area contributed by atoms with Gasteiger partial charge in [0, 0.05) is 53.4 Å². The molecule has 2 heterocycles. The standard InChI is InChI=1S/C58H43NOS/c1-2-15-38(16-3-1)44-24-11-17-40-18-12-27-50(56(40)44)47-21-4-7-30-53(47)59(42-35-33-39(34-36-42)46-26-14-29-52-49-23-6-9-32-55(49)61-58(46)52)43-20-10-19-41(37-43)45-25-13-28-51-48-22-5-8-31-54(48)60-57(45)51/h4-14,17-38H,1-3,15-16H2. The van der Waals surface area contributed by atoms with E-state index in [1.807, 2.05) is 17.4 Å². The second-order valence-electron chi connectivity index (χ2n) is 16.6. The van der Waals surface area contributed by atoms with Crippen LogP contribution in [0, 0.1) is 0 Å². The Hall–Kier alpha value is -6.94. The van der Waals surface area contributed by atoms with Crippen molar-refractivity contribution in [1.82, 2.24) is 0 Å². The molecular formula is C58H43NOS. The van der Waals surface area contributed by atoms with Gasteiger partial charge >= 0.3 is 0 Å². The molecule has 0 amide bonds. The number of nitrogens with zero attached hydrogens (tertiary/aromatic N) is 1. The monoisotopic (exact) mass is 801 g/mol. The second kappa shape index (κ2) is 15.0. The molecule has 0 N–H and O–H groups in total. The minimum atomic E-state index is 0.581. The summed E-state index contributed by atoms with van der Waals surface area (Å²) in [4.78, 5) is 2.46. The molecule has 2 nitrogen and oxygen atoms in total. The van der Waals surface area contributed by atoms with Gasteiger partial charge in [-0.2, -0.15) is 0 Å². The molecule has 0 bridgehead atoms. The van der Waals surface area contributed by atoms with Gasteiger partial charge in [0.15, 0.2) is 0 Å². The maximum absolute atomic E-state index is 6.58. The first-order valence-electron chi connectivity index (χ1n) is 21.7. The number of furan rings is 1. The Balaban J connectivity index is 1.05. The lowest BCUT2D eigenvalue weighted by molar-refractivity contribution is 0.445. The number of para-hydroxylation sites is 3. The van der Waals surface area contributed by atoms with Crippen LogP contribution in [0.15, 0.2) is 199 Å². The van der Waals surface area contributed by atoms with Crippen LogP contribution in [0.3, 0.4) is 0 Å². The molecule has 1 saturated carbocycles. The number of anilines is 3. The number of benzene rings is 9. The molecule has 11 aromatic rings. The van der Waals surface area contributed by atoms with E-state index in [0.717, 1.165) is 50.1 Å². The molecule has 12 rings (SSSR count). The summed E-state index contributed by atoms with van der Waals surface area (Å²) >= 11 is 1.88. The molecule has 292 valence electrons. The molecule has 0 radical (unpaired) electrons. The molecule has 1 aliphatic rings. The maximum atomic E-state index is 6.58. The summed E-state index contributed by atoms with van der Waals surface area (Å²) in [5.41, 5.74) is 13.8. The van der Waals surface area contributed by atoms with Crippen LogP contribution in [0.4, 0.5) is 17.1 Å². The summed E-state index contributed by atoms with van der Waals surface area (Å²) in [7, 11) is 0. The minimum absolute atomic E-state index is 0.581. The van der Waals surface area contributed by atoms with Gasteiger partial charge in [0.2, 0.25) is 0 Å². The SMILES string of the molecule is c1cc(-c2cccc3c2oc2ccccc23)cc(N(c2ccc(-c3cccc4c3sc3ccccc34)cc2)c2ccccc2-c2cccc3cccc(C4CCCCC4)c23)c1. The third kappa shape index (κ3) is 6.14. The van der Waals surface area contributed by atoms with Crippen LogP contribution in [0.5, 0.6) is 0 Å². The van der Waals surface area contributed by atoms with Crippen molar-refractivity contribution >= 4 is 81.3 Å². The smallest absolute Gasteiger partial charge is 0.143 e. The van der Waals surface area contributed by atoms with Gasteiger partial charge in [-0.3, -0.25) is 0 Å². The van der Waals surface area contributed by atoms with E-state index < -0.39 is 0 Å². The summed E-state index contributed by atoms with van der Waals surface area (Å²) in [6.45, 7) is 0. The highest BCUT2D eigenvalue weighted by atomic mass is 32.1. The van der Waals surface area contributed by atoms with E-state index in [4.69, 9.17) is 4.42 Å². The van der Waals surface area contributed by atoms with Crippen LogP contribution in [-0.4, -0.2) is 0 Å². The van der Waals surface area contributed by atoms with Gasteiger partial charge in [-0.15, -0.1) is 11.3 Å². The minimum Gasteiger partial charge on any atom is -0.455 e. The van der Waals surface area contributed by atoms with Crippen LogP contribution < -0.4 is 4.90 Å². The highest BCUT2D eigenvalue weighted by molar-refractivity contribution is 7.26. The normalized spacial score (nSPS) is 13.5. The summed E-state index contributed by atoms with van der Waals surface area (Å²) in [6.07, 6.45) is 6.47. The van der Waals surface area contributed by atoms with Gasteiger partial charge in [-0.05, 0) is 99.8 Å². The zero-order chi connectivity index (χ0) is 40.3. The van der Waals surface area contributed by atoms with Crippen LogP contribution in [0.25, 0.3) is 86.3 Å². The molecular weight excluding hydrogens is 759 g/mol. The Morgan fingerprint density at radius 3 is 2.02 bits per heavy atom. The Morgan fingerprint density at radius 2 is 1.13 bits per heavy atom. The molecule has 1 fully saturated rings. The largest absolute Gasteiger partial charge is 0.455 e. The van der Waals surface area contributed by atoms with Crippen molar-refractivity contribution < 1.29 is 4.42 Å². The first kappa shape index (κ1) is 36.0. The second-order valence-corrected chi connectivity index (χ2v) is 17.6. The van der Waals surface area contributed by atoms with Crippen molar-refractivity contribution in [2.24, 2.45) is 0 Å². The summed E-state index contributed by atoms with van der Waals surface area (Å²) < 4.78 is 9.23. The quantitative estimate of drug-likeness (QED) is 0.160. The average Bonchev–Trinajstić information content (AvgIpc) is 3.91. The van der Waals surface area contributed by atoms with Crippen LogP contribution >= 0.6 is 11.3 Å². The van der Waals surface area contributed by atoms with Gasteiger partial charge in [-0.1, -0.05) is 171 Å². The van der Waals surface area contributed by atoms with Gasteiger partial charge < -0.3 is 9.32 Å². The fourth-order valence-corrected chi connectivity index (χ4v) is 11.5. The van der Waals surface area contributed by atoms with Crippen LogP contribution in [0.1, 0.15) is 43.6 Å². The Bertz CT molecular complexity index is 3410. The zero-order valence-electron chi connectivity index (χ0n) is 33.9. The predicted molar refractivity (Wildman–Crippen MR) is 261 cm³/mol. The van der Waals surface area contributed by atoms with E-state index in [9.17, 15) is 0 Å². The van der Waals surface area contributed by atoms with E-state index in [1.165, 1.54) is 90.9 Å². The molecule has 0 aliphatic heterocycles. The lowest BCUT2D eigenvalue weighted by Gasteiger charge is -2.29. The highest BCUT2D eigenvalue weighted by Gasteiger charge is 2.24. The Kier molecular flexibility index (Phi) is 8.82. The van der Waals surface area contributed by atoms with Crippen LogP contribution in [0.2, 0.25) is 0 Å². The number of hydrogen-bond donors (Lipinski definition) is 0. The van der Waals surface area contributed by atoms with Crippen LogP contribution in [-0.2, 0) is 0 Å². The summed E-state index contributed by atoms with van der Waals surface area (Å²) in [5.74, 6) is 0.581. The third-order valence-electron chi connectivity index (χ3n) is 13.1. The lowest BCUT2D eigenvalue weighted by Crippen LogP contribution is -2.11. The summed E-state index contributed by atoms with van der Waals surface area (Å²) in [6, 6.07) is 71.4. The fraction of sp³-hybridized carbons (Fsp3) is 0.103. The van der Waals surface area contributed by atoms with Crippen molar-refractivity contribution in [2.75, 3.05) is 4.90 Å². The molecule has 1 aliphatic carbocycles. The van der Waals surface area contributed by atoms with Gasteiger partial charge in [0.05, 0.1) is 5.69 Å². The van der Waals surface area contributed by atoms with Gasteiger partial charge in [0.25, 0.3) is 0 Å². The average molecular weight is 802 g/mol. The number of fused-ring (bicyclic) bond motifs is 7. The van der Waals surface area contributed by atoms with E-state index in [0.29, 0.717) is 5.92 Å². The first-order chi connectivity index (χ1) is 30.3. The molecule has 3 heteroatoms. The number of thiophene rings is 1.